The fourth-order valence-corrected chi connectivity index (χ4v) is 3.42. The van der Waals surface area contributed by atoms with E-state index in [4.69, 9.17) is 28.0 Å². The normalized spacial score (nSPS) is 23.8. The molecule has 0 aromatic heterocycles. The van der Waals surface area contributed by atoms with Gasteiger partial charge in [0.2, 0.25) is 0 Å². The van der Waals surface area contributed by atoms with Gasteiger partial charge in [-0.2, -0.15) is 0 Å². The zero-order valence-electron chi connectivity index (χ0n) is 10.7. The summed E-state index contributed by atoms with van der Waals surface area (Å²) in [6.45, 7) is 0. The average molecular weight is 306 g/mol. The summed E-state index contributed by atoms with van der Waals surface area (Å²) in [6, 6.07) is 14.3. The van der Waals surface area contributed by atoms with Gasteiger partial charge in [-0.25, -0.2) is 5.06 Å². The average Bonchev–Trinajstić information content (AvgIpc) is 2.78. The molecule has 2 heterocycles. The Hall–Kier alpha value is -1.22. The van der Waals surface area contributed by atoms with E-state index in [1.54, 1.807) is 0 Å². The first-order valence-corrected chi connectivity index (χ1v) is 7.46. The lowest BCUT2D eigenvalue weighted by Gasteiger charge is -2.30. The molecule has 0 N–H and O–H groups in total. The first kappa shape index (κ1) is 12.5. The molecule has 2 aromatic carbocycles. The lowest BCUT2D eigenvalue weighted by atomic mass is 10.0. The molecular weight excluding hydrogens is 293 g/mol. The molecule has 4 rings (SSSR count). The molecule has 2 aliphatic rings. The van der Waals surface area contributed by atoms with Crippen LogP contribution in [0.4, 0.5) is 5.69 Å². The van der Waals surface area contributed by atoms with Gasteiger partial charge in [-0.3, -0.25) is 4.84 Å². The van der Waals surface area contributed by atoms with Crippen molar-refractivity contribution in [2.45, 2.75) is 25.0 Å². The molecule has 2 aromatic rings. The molecule has 20 heavy (non-hydrogen) atoms. The fourth-order valence-electron chi connectivity index (χ4n) is 3.10. The second-order valence-corrected chi connectivity index (χ2v) is 6.21. The molecule has 0 aliphatic carbocycles. The van der Waals surface area contributed by atoms with E-state index in [2.05, 4.69) is 12.1 Å². The predicted octanol–water partition coefficient (Wildman–Crippen LogP) is 4.80. The molecule has 0 saturated carbocycles. The van der Waals surface area contributed by atoms with Gasteiger partial charge in [-0.15, -0.1) is 0 Å². The monoisotopic (exact) mass is 305 g/mol. The highest BCUT2D eigenvalue weighted by molar-refractivity contribution is 6.31. The largest absolute Gasteiger partial charge is 0.269 e. The van der Waals surface area contributed by atoms with Gasteiger partial charge in [0.15, 0.2) is 0 Å². The van der Waals surface area contributed by atoms with Crippen LogP contribution in [0.2, 0.25) is 10.0 Å². The number of halogens is 2. The second-order valence-electron chi connectivity index (χ2n) is 5.33. The van der Waals surface area contributed by atoms with Crippen LogP contribution in [0, 0.1) is 0 Å². The summed E-state index contributed by atoms with van der Waals surface area (Å²) in [7, 11) is 0. The molecule has 1 fully saturated rings. The van der Waals surface area contributed by atoms with E-state index in [0.29, 0.717) is 0 Å². The first-order valence-electron chi connectivity index (χ1n) is 6.70. The topological polar surface area (TPSA) is 12.5 Å². The van der Waals surface area contributed by atoms with E-state index in [-0.39, 0.29) is 12.1 Å². The highest BCUT2D eigenvalue weighted by Gasteiger charge is 2.39. The molecule has 2 nitrogen and oxygen atoms in total. The second kappa shape index (κ2) is 4.66. The third kappa shape index (κ3) is 1.99. The van der Waals surface area contributed by atoms with Crippen LogP contribution in [0.3, 0.4) is 0 Å². The summed E-state index contributed by atoms with van der Waals surface area (Å²) in [5, 5.41) is 3.58. The van der Waals surface area contributed by atoms with Gasteiger partial charge < -0.3 is 0 Å². The van der Waals surface area contributed by atoms with E-state index in [1.165, 1.54) is 11.1 Å². The van der Waals surface area contributed by atoms with Crippen LogP contribution in [-0.2, 0) is 11.3 Å². The molecule has 2 aliphatic heterocycles. The summed E-state index contributed by atoms with van der Waals surface area (Å²) in [5.41, 5.74) is 3.63. The summed E-state index contributed by atoms with van der Waals surface area (Å²) in [6.07, 6.45) is 2.16. The molecular formula is C16H13Cl2NO. The Kier molecular flexibility index (Phi) is 2.92. The van der Waals surface area contributed by atoms with E-state index in [1.807, 2.05) is 35.4 Å². The van der Waals surface area contributed by atoms with Gasteiger partial charge >= 0.3 is 0 Å². The summed E-state index contributed by atoms with van der Waals surface area (Å²) >= 11 is 12.1. The smallest absolute Gasteiger partial charge is 0.0921 e. The lowest BCUT2D eigenvalue weighted by molar-refractivity contribution is 0.0734. The Morgan fingerprint density at radius 3 is 2.55 bits per heavy atom. The van der Waals surface area contributed by atoms with Crippen molar-refractivity contribution in [1.82, 2.24) is 0 Å². The Labute approximate surface area is 127 Å². The standard InChI is InChI=1S/C16H13Cl2NO/c17-12-3-1-10(2-4-12)16-9-14-8-11-7-13(18)5-6-15(11)19(16)20-14/h1-7,14,16H,8-9H2/t14-,16-/m0/s1. The number of hydrogen-bond donors (Lipinski definition) is 0. The maximum absolute atomic E-state index is 6.09. The van der Waals surface area contributed by atoms with Crippen LogP contribution in [-0.4, -0.2) is 6.10 Å². The fraction of sp³-hybridized carbons (Fsp3) is 0.250. The summed E-state index contributed by atoms with van der Waals surface area (Å²) in [4.78, 5) is 6.02. The minimum Gasteiger partial charge on any atom is -0.269 e. The zero-order chi connectivity index (χ0) is 13.7. The van der Waals surface area contributed by atoms with Crippen molar-refractivity contribution in [3.8, 4) is 0 Å². The molecule has 2 atom stereocenters. The molecule has 0 amide bonds. The van der Waals surface area contributed by atoms with Gasteiger partial charge in [-0.1, -0.05) is 35.3 Å². The molecule has 0 unspecified atom stereocenters. The number of fused-ring (bicyclic) bond motifs is 4. The number of hydroxylamine groups is 1. The Bertz CT molecular complexity index is 656. The van der Waals surface area contributed by atoms with Crippen molar-refractivity contribution in [2.24, 2.45) is 0 Å². The minimum absolute atomic E-state index is 0.238. The number of benzene rings is 2. The van der Waals surface area contributed by atoms with Gasteiger partial charge in [0, 0.05) is 22.9 Å². The quantitative estimate of drug-likeness (QED) is 0.750. The summed E-state index contributed by atoms with van der Waals surface area (Å²) < 4.78 is 0. The highest BCUT2D eigenvalue weighted by atomic mass is 35.5. The van der Waals surface area contributed by atoms with E-state index in [9.17, 15) is 0 Å². The molecule has 0 spiro atoms. The third-order valence-electron chi connectivity index (χ3n) is 4.01. The Balaban J connectivity index is 1.75. The van der Waals surface area contributed by atoms with Gasteiger partial charge in [0.05, 0.1) is 17.8 Å². The van der Waals surface area contributed by atoms with Crippen LogP contribution in [0.15, 0.2) is 42.5 Å². The number of anilines is 1. The Morgan fingerprint density at radius 1 is 1.00 bits per heavy atom. The van der Waals surface area contributed by atoms with Crippen LogP contribution >= 0.6 is 23.2 Å². The number of hydrogen-bond acceptors (Lipinski definition) is 2. The van der Waals surface area contributed by atoms with Crippen molar-refractivity contribution in [3.05, 3.63) is 63.6 Å². The van der Waals surface area contributed by atoms with E-state index < -0.39 is 0 Å². The third-order valence-corrected chi connectivity index (χ3v) is 4.50. The summed E-state index contributed by atoms with van der Waals surface area (Å²) in [5.74, 6) is 0. The molecule has 4 heteroatoms. The Morgan fingerprint density at radius 2 is 1.75 bits per heavy atom. The van der Waals surface area contributed by atoms with Crippen LogP contribution in [0.25, 0.3) is 0 Å². The van der Waals surface area contributed by atoms with Crippen molar-refractivity contribution in [1.29, 1.82) is 0 Å². The molecule has 2 bridgehead atoms. The van der Waals surface area contributed by atoms with Crippen LogP contribution < -0.4 is 5.06 Å². The van der Waals surface area contributed by atoms with Crippen LogP contribution in [0.5, 0.6) is 0 Å². The molecule has 1 saturated heterocycles. The van der Waals surface area contributed by atoms with Gasteiger partial charge in [-0.05, 0) is 41.5 Å². The van der Waals surface area contributed by atoms with Crippen molar-refractivity contribution in [3.63, 3.8) is 0 Å². The first-order chi connectivity index (χ1) is 9.70. The predicted molar refractivity (Wildman–Crippen MR) is 81.3 cm³/mol. The molecule has 102 valence electrons. The zero-order valence-corrected chi connectivity index (χ0v) is 12.2. The maximum Gasteiger partial charge on any atom is 0.0921 e. The highest BCUT2D eigenvalue weighted by Crippen LogP contribution is 2.45. The SMILES string of the molecule is Clc1ccc([C@@H]2C[C@@H]3Cc4cc(Cl)ccc4N2O3)cc1. The molecule has 0 radical (unpaired) electrons. The number of rotatable bonds is 1. The lowest BCUT2D eigenvalue weighted by Crippen LogP contribution is -2.27. The minimum atomic E-state index is 0.238. The van der Waals surface area contributed by atoms with Gasteiger partial charge in [0.1, 0.15) is 0 Å². The van der Waals surface area contributed by atoms with Crippen molar-refractivity contribution >= 4 is 28.9 Å². The van der Waals surface area contributed by atoms with Crippen molar-refractivity contribution < 1.29 is 4.84 Å². The maximum atomic E-state index is 6.09. The van der Waals surface area contributed by atoms with Crippen molar-refractivity contribution in [2.75, 3.05) is 5.06 Å². The van der Waals surface area contributed by atoms with Crippen LogP contribution in [0.1, 0.15) is 23.6 Å². The van der Waals surface area contributed by atoms with E-state index in [0.717, 1.165) is 28.6 Å². The van der Waals surface area contributed by atoms with E-state index >= 15 is 0 Å². The number of nitrogens with zero attached hydrogens (tertiary/aromatic N) is 1. The van der Waals surface area contributed by atoms with Gasteiger partial charge in [0.25, 0.3) is 0 Å².